The number of likely N-dealkylation sites (N-methyl/N-ethyl adjacent to an activating group) is 1. The number of nitrogens with one attached hydrogen (secondary N) is 3. The first kappa shape index (κ1) is 30.3. The summed E-state index contributed by atoms with van der Waals surface area (Å²) in [5.74, 6) is -0.561. The highest BCUT2D eigenvalue weighted by Crippen LogP contribution is 2.27. The van der Waals surface area contributed by atoms with Crippen LogP contribution >= 0.6 is 0 Å². The highest BCUT2D eigenvalue weighted by molar-refractivity contribution is 6.06. The zero-order valence-corrected chi connectivity index (χ0v) is 24.6. The number of aromatic nitrogens is 2. The lowest BCUT2D eigenvalue weighted by molar-refractivity contribution is -0.111. The van der Waals surface area contributed by atoms with Gasteiger partial charge in [0.1, 0.15) is 5.82 Å². The van der Waals surface area contributed by atoms with Crippen molar-refractivity contribution in [3.05, 3.63) is 103 Å². The summed E-state index contributed by atoms with van der Waals surface area (Å²) >= 11 is 0. The fourth-order valence-electron chi connectivity index (χ4n) is 4.57. The summed E-state index contributed by atoms with van der Waals surface area (Å²) in [7, 11) is 3.83. The van der Waals surface area contributed by atoms with Crippen molar-refractivity contribution >= 4 is 40.5 Å². The van der Waals surface area contributed by atoms with Gasteiger partial charge in [-0.05, 0) is 80.8 Å². The topological polar surface area (TPSA) is 112 Å². The van der Waals surface area contributed by atoms with Crippen molar-refractivity contribution < 1.29 is 18.7 Å². The third-order valence-electron chi connectivity index (χ3n) is 6.74. The van der Waals surface area contributed by atoms with Gasteiger partial charge in [-0.2, -0.15) is 0 Å². The minimum absolute atomic E-state index is 0.268. The molecule has 3 N–H and O–H groups in total. The molecule has 3 aromatic carbocycles. The number of morpholine rings is 1. The second-order valence-electron chi connectivity index (χ2n) is 10.5. The molecule has 0 atom stereocenters. The molecule has 1 aromatic heterocycles. The summed E-state index contributed by atoms with van der Waals surface area (Å²) < 4.78 is 19.9. The van der Waals surface area contributed by atoms with E-state index in [4.69, 9.17) is 4.74 Å². The van der Waals surface area contributed by atoms with Crippen LogP contribution in [0.3, 0.4) is 0 Å². The van der Waals surface area contributed by atoms with E-state index in [1.54, 1.807) is 66.9 Å². The fraction of sp³-hybridized carbons (Fsp3) is 0.212. The van der Waals surface area contributed by atoms with Gasteiger partial charge in [-0.15, -0.1) is 0 Å². The molecule has 44 heavy (non-hydrogen) atoms. The Balaban J connectivity index is 1.20. The smallest absolute Gasteiger partial charge is 0.255 e. The summed E-state index contributed by atoms with van der Waals surface area (Å²) in [5, 5.41) is 8.80. The Morgan fingerprint density at radius 2 is 1.73 bits per heavy atom. The van der Waals surface area contributed by atoms with Gasteiger partial charge in [0.05, 0.1) is 18.9 Å². The van der Waals surface area contributed by atoms with E-state index >= 15 is 0 Å². The molecule has 10 nitrogen and oxygen atoms in total. The van der Waals surface area contributed by atoms with Crippen LogP contribution in [0.1, 0.15) is 10.4 Å². The highest BCUT2D eigenvalue weighted by Gasteiger charge is 2.15. The van der Waals surface area contributed by atoms with Crippen LogP contribution in [-0.4, -0.2) is 73.6 Å². The second kappa shape index (κ2) is 14.4. The van der Waals surface area contributed by atoms with Crippen molar-refractivity contribution in [3.8, 4) is 11.3 Å². The van der Waals surface area contributed by atoms with E-state index in [1.165, 1.54) is 18.2 Å². The van der Waals surface area contributed by atoms with E-state index in [-0.39, 0.29) is 17.6 Å². The Bertz CT molecular complexity index is 1640. The first-order valence-corrected chi connectivity index (χ1v) is 14.2. The Labute approximate surface area is 255 Å². The van der Waals surface area contributed by atoms with Crippen molar-refractivity contribution in [1.29, 1.82) is 0 Å². The Morgan fingerprint density at radius 1 is 0.955 bits per heavy atom. The van der Waals surface area contributed by atoms with Crippen LogP contribution in [0.5, 0.6) is 0 Å². The van der Waals surface area contributed by atoms with Gasteiger partial charge in [-0.3, -0.25) is 9.59 Å². The molecule has 0 aliphatic carbocycles. The number of carbonyl (C=O) groups excluding carboxylic acids is 2. The van der Waals surface area contributed by atoms with Gasteiger partial charge in [0, 0.05) is 65.8 Å². The van der Waals surface area contributed by atoms with E-state index in [0.717, 1.165) is 5.69 Å². The second-order valence-corrected chi connectivity index (χ2v) is 10.5. The summed E-state index contributed by atoms with van der Waals surface area (Å²) in [6.45, 7) is 3.28. The quantitative estimate of drug-likeness (QED) is 0.215. The lowest BCUT2D eigenvalue weighted by Gasteiger charge is -2.29. The van der Waals surface area contributed by atoms with Crippen molar-refractivity contribution in [3.63, 3.8) is 0 Å². The molecular formula is C33H34FN7O3. The number of halogens is 1. The van der Waals surface area contributed by atoms with Gasteiger partial charge in [0.15, 0.2) is 0 Å². The number of rotatable bonds is 10. The normalized spacial score (nSPS) is 13.2. The molecule has 0 saturated carbocycles. The monoisotopic (exact) mass is 595 g/mol. The maximum Gasteiger partial charge on any atom is 0.255 e. The Kier molecular flexibility index (Phi) is 9.90. The molecule has 2 heterocycles. The van der Waals surface area contributed by atoms with Crippen molar-refractivity contribution in [2.75, 3.05) is 67.8 Å². The number of carbonyl (C=O) groups is 2. The number of hydrogen-bond donors (Lipinski definition) is 3. The number of ether oxygens (including phenoxy) is 1. The first-order chi connectivity index (χ1) is 21.3. The Morgan fingerprint density at radius 3 is 2.50 bits per heavy atom. The van der Waals surface area contributed by atoms with Gasteiger partial charge in [-0.1, -0.05) is 12.1 Å². The summed E-state index contributed by atoms with van der Waals surface area (Å²) in [6, 6.07) is 20.5. The van der Waals surface area contributed by atoms with Gasteiger partial charge < -0.3 is 30.5 Å². The summed E-state index contributed by atoms with van der Waals surface area (Å²) in [4.78, 5) is 38.0. The molecule has 5 rings (SSSR count). The Hall–Kier alpha value is -5.13. The molecule has 0 unspecified atom stereocenters. The van der Waals surface area contributed by atoms with Crippen LogP contribution in [0, 0.1) is 5.82 Å². The lowest BCUT2D eigenvalue weighted by Crippen LogP contribution is -2.36. The van der Waals surface area contributed by atoms with Crippen molar-refractivity contribution in [2.24, 2.45) is 0 Å². The van der Waals surface area contributed by atoms with E-state index in [2.05, 4.69) is 30.8 Å². The first-order valence-electron chi connectivity index (χ1n) is 14.2. The molecule has 0 spiro atoms. The largest absolute Gasteiger partial charge is 0.378 e. The highest BCUT2D eigenvalue weighted by atomic mass is 19.1. The molecule has 0 radical (unpaired) electrons. The molecule has 1 aliphatic heterocycles. The SMILES string of the molecule is CN(C)C/C=C/C(=O)Nc1cccc(C(=O)Nc2ccc(Nc3nccc(-c4cc(F)cc(N5CCOCC5)c4)n3)cc2)c1. The summed E-state index contributed by atoms with van der Waals surface area (Å²) in [5.41, 5.74) is 4.25. The van der Waals surface area contributed by atoms with Gasteiger partial charge >= 0.3 is 0 Å². The molecule has 2 amide bonds. The van der Waals surface area contributed by atoms with Crippen molar-refractivity contribution in [2.45, 2.75) is 0 Å². The molecule has 1 aliphatic rings. The van der Waals surface area contributed by atoms with Crippen LogP contribution in [-0.2, 0) is 9.53 Å². The predicted molar refractivity (Wildman–Crippen MR) is 171 cm³/mol. The molecular weight excluding hydrogens is 561 g/mol. The average molecular weight is 596 g/mol. The number of nitrogens with zero attached hydrogens (tertiary/aromatic N) is 4. The third-order valence-corrected chi connectivity index (χ3v) is 6.74. The number of anilines is 5. The minimum atomic E-state index is -0.334. The maximum atomic E-state index is 14.5. The van der Waals surface area contributed by atoms with Gasteiger partial charge in [0.2, 0.25) is 11.9 Å². The minimum Gasteiger partial charge on any atom is -0.378 e. The third kappa shape index (κ3) is 8.46. The maximum absolute atomic E-state index is 14.5. The molecule has 1 saturated heterocycles. The van der Waals surface area contributed by atoms with E-state index < -0.39 is 0 Å². The molecule has 11 heteroatoms. The van der Waals surface area contributed by atoms with Crippen LogP contribution in [0.15, 0.2) is 91.1 Å². The molecule has 226 valence electrons. The van der Waals surface area contributed by atoms with Crippen molar-refractivity contribution in [1.82, 2.24) is 14.9 Å². The van der Waals surface area contributed by atoms with Gasteiger partial charge in [0.25, 0.3) is 5.91 Å². The van der Waals surface area contributed by atoms with E-state index in [9.17, 15) is 14.0 Å². The fourth-order valence-corrected chi connectivity index (χ4v) is 4.57. The van der Waals surface area contributed by atoms with Gasteiger partial charge in [-0.25, -0.2) is 14.4 Å². The van der Waals surface area contributed by atoms with Crippen LogP contribution < -0.4 is 20.9 Å². The predicted octanol–water partition coefficient (Wildman–Crippen LogP) is 5.17. The molecule has 0 bridgehead atoms. The lowest BCUT2D eigenvalue weighted by atomic mass is 10.1. The molecule has 1 fully saturated rings. The van der Waals surface area contributed by atoms with E-state index in [1.807, 2.05) is 25.1 Å². The summed E-state index contributed by atoms with van der Waals surface area (Å²) in [6.07, 6.45) is 4.85. The van der Waals surface area contributed by atoms with Crippen LogP contribution in [0.2, 0.25) is 0 Å². The average Bonchev–Trinajstić information content (AvgIpc) is 3.02. The van der Waals surface area contributed by atoms with E-state index in [0.29, 0.717) is 72.7 Å². The number of amides is 2. The number of hydrogen-bond acceptors (Lipinski definition) is 8. The standard InChI is InChI=1S/C33H34FN7O3/c1-40(2)14-4-7-31(42)36-28-6-3-5-23(20-28)32(43)37-26-8-10-27(11-9-26)38-33-35-13-12-30(39-33)24-19-25(34)22-29(21-24)41-15-17-44-18-16-41/h3-13,19-22H,14-18H2,1-2H3,(H,36,42)(H,37,43)(H,35,38,39)/b7-4+. The van der Waals surface area contributed by atoms with Crippen LogP contribution in [0.4, 0.5) is 33.1 Å². The number of benzene rings is 3. The van der Waals surface area contributed by atoms with Crippen LogP contribution in [0.25, 0.3) is 11.3 Å². The zero-order valence-electron chi connectivity index (χ0n) is 24.6. The zero-order chi connectivity index (χ0) is 30.9. The molecule has 4 aromatic rings.